The van der Waals surface area contributed by atoms with Crippen LogP contribution in [0.15, 0.2) is 0 Å². The molecular formula is C7H23NO4Si4. The van der Waals surface area contributed by atoms with Gasteiger partial charge in [0.15, 0.2) is 0 Å². The highest BCUT2D eigenvalue weighted by molar-refractivity contribution is 6.79. The Morgan fingerprint density at radius 1 is 1.00 bits per heavy atom. The molecule has 0 bridgehead atoms. The van der Waals surface area contributed by atoms with Crippen LogP contribution >= 0.6 is 0 Å². The Hall–Kier alpha value is 0.668. The van der Waals surface area contributed by atoms with Gasteiger partial charge in [-0.1, -0.05) is 6.92 Å². The van der Waals surface area contributed by atoms with Gasteiger partial charge in [0.2, 0.25) is 0 Å². The smallest absolute Gasteiger partial charge is 0.403 e. The van der Waals surface area contributed by atoms with Gasteiger partial charge in [0, 0.05) is 0 Å². The molecular weight excluding hydrogens is 274 g/mol. The molecule has 5 nitrogen and oxygen atoms in total. The molecule has 1 rings (SSSR count). The van der Waals surface area contributed by atoms with Gasteiger partial charge < -0.3 is 16.5 Å². The van der Waals surface area contributed by atoms with Crippen LogP contribution in [0.3, 0.4) is 0 Å². The third-order valence-electron chi connectivity index (χ3n) is 2.24. The molecule has 1 fully saturated rings. The van der Waals surface area contributed by atoms with Crippen LogP contribution in [0.25, 0.3) is 0 Å². The number of nitrogens with one attached hydrogen (secondary N) is 1. The van der Waals surface area contributed by atoms with Crippen molar-refractivity contribution in [3.63, 3.8) is 0 Å². The fraction of sp³-hybridized carbons (Fsp3) is 1.00. The summed E-state index contributed by atoms with van der Waals surface area (Å²) in [6.45, 7) is 11.3. The van der Waals surface area contributed by atoms with Crippen LogP contribution in [-0.4, -0.2) is 43.1 Å². The van der Waals surface area contributed by atoms with Crippen LogP contribution in [0.2, 0.25) is 26.2 Å². The fourth-order valence-electron chi connectivity index (χ4n) is 1.72. The molecule has 1 aliphatic heterocycles. The molecule has 1 aliphatic rings. The molecule has 2 atom stereocenters. The van der Waals surface area contributed by atoms with Crippen molar-refractivity contribution in [2.75, 3.05) is 6.54 Å². The van der Waals surface area contributed by atoms with Gasteiger partial charge in [-0.3, -0.25) is 4.98 Å². The van der Waals surface area contributed by atoms with E-state index < -0.39 is 36.6 Å². The van der Waals surface area contributed by atoms with E-state index in [9.17, 15) is 0 Å². The molecule has 9 heteroatoms. The average molecular weight is 298 g/mol. The number of hydrogen-bond donors (Lipinski definition) is 1. The first-order valence-electron chi connectivity index (χ1n) is 5.87. The predicted molar refractivity (Wildman–Crippen MR) is 73.3 cm³/mol. The predicted octanol–water partition coefficient (Wildman–Crippen LogP) is 0.186. The lowest BCUT2D eigenvalue weighted by Crippen LogP contribution is -2.61. The standard InChI is InChI=1S/C7H23NO4Si4/c1-6-7-8-16(5)11-14(3)9-13(2)10-15(4)12-16/h8,13-15H,6-7H2,1-5H3. The van der Waals surface area contributed by atoms with Crippen molar-refractivity contribution in [2.45, 2.75) is 39.5 Å². The summed E-state index contributed by atoms with van der Waals surface area (Å²) < 4.78 is 23.7. The summed E-state index contributed by atoms with van der Waals surface area (Å²) in [6, 6.07) is 0. The molecule has 0 saturated carbocycles. The zero-order valence-electron chi connectivity index (χ0n) is 10.8. The fourth-order valence-corrected chi connectivity index (χ4v) is 15.5. The second-order valence-electron chi connectivity index (χ2n) is 4.08. The molecule has 2 unspecified atom stereocenters. The third-order valence-corrected chi connectivity index (χ3v) is 15.5. The first-order chi connectivity index (χ1) is 7.45. The SMILES string of the molecule is CCCN[Si]1(C)O[SiH](C)O[SiH](C)O[SiH](C)O1. The van der Waals surface area contributed by atoms with Crippen molar-refractivity contribution in [3.8, 4) is 0 Å². The van der Waals surface area contributed by atoms with Gasteiger partial charge in [-0.25, -0.2) is 0 Å². The van der Waals surface area contributed by atoms with Gasteiger partial charge >= 0.3 is 27.3 Å². The van der Waals surface area contributed by atoms with Crippen molar-refractivity contribution in [2.24, 2.45) is 0 Å². The Morgan fingerprint density at radius 3 is 1.94 bits per heavy atom. The van der Waals surface area contributed by atoms with Crippen LogP contribution in [0.4, 0.5) is 0 Å². The minimum atomic E-state index is -2.25. The maximum absolute atomic E-state index is 6.03. The van der Waals surface area contributed by atoms with E-state index in [1.165, 1.54) is 0 Å². The van der Waals surface area contributed by atoms with E-state index in [4.69, 9.17) is 16.5 Å². The second-order valence-corrected chi connectivity index (χ2v) is 13.8. The molecule has 0 aromatic heterocycles. The van der Waals surface area contributed by atoms with Gasteiger partial charge in [-0.05, 0) is 39.2 Å². The third kappa shape index (κ3) is 4.89. The number of hydrogen-bond acceptors (Lipinski definition) is 5. The Labute approximate surface area is 104 Å². The summed E-state index contributed by atoms with van der Waals surface area (Å²) in [7, 11) is -6.93. The van der Waals surface area contributed by atoms with E-state index in [2.05, 4.69) is 18.5 Å². The highest BCUT2D eigenvalue weighted by Gasteiger charge is 2.39. The van der Waals surface area contributed by atoms with Crippen molar-refractivity contribution in [3.05, 3.63) is 0 Å². The van der Waals surface area contributed by atoms with Crippen molar-refractivity contribution in [1.82, 2.24) is 4.98 Å². The summed E-state index contributed by atoms with van der Waals surface area (Å²) in [6.07, 6.45) is 1.08. The summed E-state index contributed by atoms with van der Waals surface area (Å²) in [5, 5.41) is 0. The Morgan fingerprint density at radius 2 is 1.50 bits per heavy atom. The Kier molecular flexibility index (Phi) is 6.04. The first kappa shape index (κ1) is 14.7. The zero-order valence-corrected chi connectivity index (χ0v) is 15.2. The van der Waals surface area contributed by atoms with Crippen molar-refractivity contribution < 1.29 is 16.5 Å². The largest absolute Gasteiger partial charge is 0.420 e. The quantitative estimate of drug-likeness (QED) is 0.754. The summed E-state index contributed by atoms with van der Waals surface area (Å²) in [5.41, 5.74) is 0. The minimum absolute atomic E-state index is 0.929. The van der Waals surface area contributed by atoms with Crippen molar-refractivity contribution in [1.29, 1.82) is 0 Å². The number of rotatable bonds is 3. The minimum Gasteiger partial charge on any atom is -0.420 e. The van der Waals surface area contributed by atoms with Crippen LogP contribution < -0.4 is 4.98 Å². The molecule has 1 N–H and O–H groups in total. The van der Waals surface area contributed by atoms with Gasteiger partial charge in [0.25, 0.3) is 9.28 Å². The lowest BCUT2D eigenvalue weighted by atomic mass is 10.5. The molecule has 96 valence electrons. The first-order valence-corrected chi connectivity index (χ1v) is 14.5. The maximum atomic E-state index is 6.03. The summed E-state index contributed by atoms with van der Waals surface area (Å²) in [4.78, 5) is 3.41. The van der Waals surface area contributed by atoms with Crippen LogP contribution in [0.5, 0.6) is 0 Å². The Balaban J connectivity index is 2.61. The van der Waals surface area contributed by atoms with Crippen LogP contribution in [-0.2, 0) is 16.5 Å². The normalized spacial score (nSPS) is 41.4. The molecule has 0 amide bonds. The molecule has 0 spiro atoms. The summed E-state index contributed by atoms with van der Waals surface area (Å²) in [5.74, 6) is 0. The van der Waals surface area contributed by atoms with Crippen LogP contribution in [0, 0.1) is 0 Å². The molecule has 0 aromatic carbocycles. The maximum Gasteiger partial charge on any atom is 0.403 e. The van der Waals surface area contributed by atoms with E-state index in [0.717, 1.165) is 13.0 Å². The molecule has 0 aliphatic carbocycles. The van der Waals surface area contributed by atoms with E-state index in [1.54, 1.807) is 0 Å². The average Bonchev–Trinajstić information content (AvgIpc) is 2.11. The summed E-state index contributed by atoms with van der Waals surface area (Å²) >= 11 is 0. The van der Waals surface area contributed by atoms with E-state index in [-0.39, 0.29) is 0 Å². The second kappa shape index (κ2) is 6.56. The van der Waals surface area contributed by atoms with Gasteiger partial charge in [0.05, 0.1) is 0 Å². The molecule has 1 heterocycles. The lowest BCUT2D eigenvalue weighted by Gasteiger charge is -2.36. The Bertz CT molecular complexity index is 209. The van der Waals surface area contributed by atoms with Gasteiger partial charge in [-0.2, -0.15) is 0 Å². The zero-order chi connectivity index (χ0) is 12.2. The van der Waals surface area contributed by atoms with Gasteiger partial charge in [0.1, 0.15) is 0 Å². The van der Waals surface area contributed by atoms with E-state index in [1.807, 2.05) is 19.6 Å². The van der Waals surface area contributed by atoms with Crippen molar-refractivity contribution >= 4 is 36.6 Å². The molecule has 0 radical (unpaired) electrons. The van der Waals surface area contributed by atoms with E-state index in [0.29, 0.717) is 0 Å². The highest BCUT2D eigenvalue weighted by Crippen LogP contribution is 2.13. The molecule has 0 aromatic rings. The monoisotopic (exact) mass is 297 g/mol. The highest BCUT2D eigenvalue weighted by atomic mass is 28.5. The molecule has 16 heavy (non-hydrogen) atoms. The van der Waals surface area contributed by atoms with E-state index >= 15 is 0 Å². The van der Waals surface area contributed by atoms with Gasteiger partial charge in [-0.15, -0.1) is 0 Å². The van der Waals surface area contributed by atoms with Crippen LogP contribution in [0.1, 0.15) is 13.3 Å². The lowest BCUT2D eigenvalue weighted by molar-refractivity contribution is 0.265. The molecule has 1 saturated heterocycles. The topological polar surface area (TPSA) is 49.0 Å².